The van der Waals surface area contributed by atoms with Crippen LogP contribution < -0.4 is 5.32 Å². The van der Waals surface area contributed by atoms with E-state index in [4.69, 9.17) is 11.6 Å². The number of benzene rings is 2. The van der Waals surface area contributed by atoms with Crippen molar-refractivity contribution < 1.29 is 4.79 Å². The first-order chi connectivity index (χ1) is 10.6. The molecule has 22 heavy (non-hydrogen) atoms. The van der Waals surface area contributed by atoms with E-state index in [-0.39, 0.29) is 5.78 Å². The molecule has 112 valence electrons. The Morgan fingerprint density at radius 2 is 1.91 bits per heavy atom. The minimum absolute atomic E-state index is 0.0243. The standard InChI is InChI=1S/C19H18ClNO/c1-12-7-6-10-21-19-17(12)16(20)11-15(13(2)22)18(19)14-8-4-3-5-9-14/h3-5,7-9,11,21H,6,10H2,1-2H3. The van der Waals surface area contributed by atoms with Crippen LogP contribution in [0.1, 0.15) is 36.2 Å². The number of hydrogen-bond acceptors (Lipinski definition) is 2. The van der Waals surface area contributed by atoms with Crippen LogP contribution in [0.25, 0.3) is 16.7 Å². The first-order valence-electron chi connectivity index (χ1n) is 7.43. The second kappa shape index (κ2) is 5.98. The van der Waals surface area contributed by atoms with Crippen LogP contribution in [-0.2, 0) is 0 Å². The largest absolute Gasteiger partial charge is 0.384 e. The number of carbonyl (C=O) groups is 1. The number of nitrogens with one attached hydrogen (secondary N) is 1. The number of rotatable bonds is 2. The maximum absolute atomic E-state index is 12.1. The SMILES string of the molecule is CC(=O)c1cc(Cl)c2c(c1-c1ccccc1)NCCC=C2C. The van der Waals surface area contributed by atoms with Gasteiger partial charge in [-0.25, -0.2) is 0 Å². The van der Waals surface area contributed by atoms with Crippen molar-refractivity contribution in [1.29, 1.82) is 0 Å². The molecule has 0 amide bonds. The summed E-state index contributed by atoms with van der Waals surface area (Å²) in [4.78, 5) is 12.1. The summed E-state index contributed by atoms with van der Waals surface area (Å²) < 4.78 is 0. The van der Waals surface area contributed by atoms with Gasteiger partial charge >= 0.3 is 0 Å². The molecular weight excluding hydrogens is 294 g/mol. The summed E-state index contributed by atoms with van der Waals surface area (Å²) in [6.45, 7) is 4.49. The van der Waals surface area contributed by atoms with Gasteiger partial charge in [-0.1, -0.05) is 48.0 Å². The number of Topliss-reactive ketones (excluding diaryl/α,β-unsaturated/α-hetero) is 1. The van der Waals surface area contributed by atoms with Crippen LogP contribution in [-0.4, -0.2) is 12.3 Å². The van der Waals surface area contributed by atoms with Crippen LogP contribution in [0, 0.1) is 0 Å². The van der Waals surface area contributed by atoms with Crippen LogP contribution >= 0.6 is 11.6 Å². The Labute approximate surface area is 135 Å². The molecular formula is C19H18ClNO. The Morgan fingerprint density at radius 3 is 2.59 bits per heavy atom. The Morgan fingerprint density at radius 1 is 1.18 bits per heavy atom. The van der Waals surface area contributed by atoms with Gasteiger partial charge in [0.05, 0.1) is 10.7 Å². The lowest BCUT2D eigenvalue weighted by Crippen LogP contribution is -2.07. The summed E-state index contributed by atoms with van der Waals surface area (Å²) in [5.41, 5.74) is 5.76. The second-order valence-electron chi connectivity index (χ2n) is 5.56. The van der Waals surface area contributed by atoms with Gasteiger partial charge in [0.2, 0.25) is 0 Å². The zero-order valence-corrected chi connectivity index (χ0v) is 13.5. The summed E-state index contributed by atoms with van der Waals surface area (Å²) in [7, 11) is 0. The Balaban J connectivity index is 2.38. The van der Waals surface area contributed by atoms with Crippen LogP contribution in [0.3, 0.4) is 0 Å². The highest BCUT2D eigenvalue weighted by Crippen LogP contribution is 2.42. The summed E-state index contributed by atoms with van der Waals surface area (Å²) in [6.07, 6.45) is 3.13. The number of ketones is 1. The second-order valence-corrected chi connectivity index (χ2v) is 5.96. The van der Waals surface area contributed by atoms with E-state index in [1.165, 1.54) is 0 Å². The van der Waals surface area contributed by atoms with E-state index in [0.717, 1.165) is 40.9 Å². The first kappa shape index (κ1) is 14.9. The predicted octanol–water partition coefficient (Wildman–Crippen LogP) is 5.43. The lowest BCUT2D eigenvalue weighted by atomic mass is 9.90. The van der Waals surface area contributed by atoms with E-state index >= 15 is 0 Å². The highest BCUT2D eigenvalue weighted by atomic mass is 35.5. The fourth-order valence-electron chi connectivity index (χ4n) is 2.98. The molecule has 1 N–H and O–H groups in total. The average molecular weight is 312 g/mol. The maximum Gasteiger partial charge on any atom is 0.160 e. The molecule has 0 aromatic heterocycles. The summed E-state index contributed by atoms with van der Waals surface area (Å²) in [6, 6.07) is 11.8. The summed E-state index contributed by atoms with van der Waals surface area (Å²) in [5, 5.41) is 4.10. The van der Waals surface area contributed by atoms with Crippen molar-refractivity contribution >= 4 is 28.6 Å². The van der Waals surface area contributed by atoms with Gasteiger partial charge in [0, 0.05) is 23.2 Å². The van der Waals surface area contributed by atoms with Gasteiger partial charge in [0.15, 0.2) is 5.78 Å². The molecule has 0 atom stereocenters. The van der Waals surface area contributed by atoms with E-state index in [1.54, 1.807) is 13.0 Å². The number of anilines is 1. The predicted molar refractivity (Wildman–Crippen MR) is 93.7 cm³/mol. The van der Waals surface area contributed by atoms with Crippen LogP contribution in [0.5, 0.6) is 0 Å². The van der Waals surface area contributed by atoms with Crippen LogP contribution in [0.2, 0.25) is 5.02 Å². The van der Waals surface area contributed by atoms with E-state index < -0.39 is 0 Å². The third kappa shape index (κ3) is 2.55. The molecule has 0 unspecified atom stereocenters. The molecule has 3 rings (SSSR count). The lowest BCUT2D eigenvalue weighted by Gasteiger charge is -2.20. The lowest BCUT2D eigenvalue weighted by molar-refractivity contribution is 0.101. The summed E-state index contributed by atoms with van der Waals surface area (Å²) >= 11 is 6.49. The third-order valence-corrected chi connectivity index (χ3v) is 4.31. The molecule has 2 aromatic carbocycles. The molecule has 1 aliphatic rings. The smallest absolute Gasteiger partial charge is 0.160 e. The Hall–Kier alpha value is -2.06. The van der Waals surface area contributed by atoms with Crippen molar-refractivity contribution in [2.24, 2.45) is 0 Å². The van der Waals surface area contributed by atoms with Crippen LogP contribution in [0.4, 0.5) is 5.69 Å². The van der Waals surface area contributed by atoms with E-state index in [0.29, 0.717) is 10.6 Å². The molecule has 1 aliphatic heterocycles. The van der Waals surface area contributed by atoms with Crippen molar-refractivity contribution in [2.75, 3.05) is 11.9 Å². The zero-order chi connectivity index (χ0) is 15.7. The van der Waals surface area contributed by atoms with Crippen molar-refractivity contribution in [2.45, 2.75) is 20.3 Å². The molecule has 0 bridgehead atoms. The Bertz CT molecular complexity index is 763. The maximum atomic E-state index is 12.1. The quantitative estimate of drug-likeness (QED) is 0.749. The van der Waals surface area contributed by atoms with Crippen LogP contribution in [0.15, 0.2) is 42.5 Å². The molecule has 0 spiro atoms. The van der Waals surface area contributed by atoms with Gasteiger partial charge in [0.1, 0.15) is 0 Å². The molecule has 3 heteroatoms. The normalized spacial score (nSPS) is 13.7. The molecule has 0 aliphatic carbocycles. The highest BCUT2D eigenvalue weighted by molar-refractivity contribution is 6.34. The van der Waals surface area contributed by atoms with E-state index in [2.05, 4.69) is 18.3 Å². The highest BCUT2D eigenvalue weighted by Gasteiger charge is 2.22. The molecule has 0 saturated heterocycles. The zero-order valence-electron chi connectivity index (χ0n) is 12.7. The average Bonchev–Trinajstić information content (AvgIpc) is 2.70. The fourth-order valence-corrected chi connectivity index (χ4v) is 3.34. The molecule has 0 fully saturated rings. The minimum atomic E-state index is 0.0243. The molecule has 0 saturated carbocycles. The van der Waals surface area contributed by atoms with Crippen molar-refractivity contribution in [1.82, 2.24) is 0 Å². The number of hydrogen-bond donors (Lipinski definition) is 1. The van der Waals surface area contributed by atoms with Gasteiger partial charge in [0.25, 0.3) is 0 Å². The van der Waals surface area contributed by atoms with E-state index in [9.17, 15) is 4.79 Å². The van der Waals surface area contributed by atoms with Crippen molar-refractivity contribution in [3.63, 3.8) is 0 Å². The van der Waals surface area contributed by atoms with Gasteiger partial charge < -0.3 is 5.32 Å². The topological polar surface area (TPSA) is 29.1 Å². The molecule has 2 nitrogen and oxygen atoms in total. The Kier molecular flexibility index (Phi) is 4.04. The van der Waals surface area contributed by atoms with Crippen molar-refractivity contribution in [3.8, 4) is 11.1 Å². The number of carbonyl (C=O) groups excluding carboxylic acids is 1. The third-order valence-electron chi connectivity index (χ3n) is 4.01. The molecule has 2 aromatic rings. The fraction of sp³-hybridized carbons (Fsp3) is 0.211. The first-order valence-corrected chi connectivity index (χ1v) is 7.81. The number of halogens is 1. The monoisotopic (exact) mass is 311 g/mol. The van der Waals surface area contributed by atoms with Gasteiger partial charge in [-0.15, -0.1) is 0 Å². The molecule has 1 heterocycles. The summed E-state index contributed by atoms with van der Waals surface area (Å²) in [5.74, 6) is 0.0243. The van der Waals surface area contributed by atoms with Crippen molar-refractivity contribution in [3.05, 3.63) is 58.6 Å². The van der Waals surface area contributed by atoms with Gasteiger partial charge in [-0.3, -0.25) is 4.79 Å². The molecule has 0 radical (unpaired) electrons. The van der Waals surface area contributed by atoms with Gasteiger partial charge in [-0.05, 0) is 37.5 Å². The number of allylic oxidation sites excluding steroid dienone is 1. The van der Waals surface area contributed by atoms with Gasteiger partial charge in [-0.2, -0.15) is 0 Å². The van der Waals surface area contributed by atoms with E-state index in [1.807, 2.05) is 30.3 Å². The minimum Gasteiger partial charge on any atom is -0.384 e. The number of fused-ring (bicyclic) bond motifs is 1.